The van der Waals surface area contributed by atoms with Crippen LogP contribution in [0.4, 0.5) is 5.82 Å². The van der Waals surface area contributed by atoms with Gasteiger partial charge < -0.3 is 15.8 Å². The molecule has 3 aromatic rings. The summed E-state index contributed by atoms with van der Waals surface area (Å²) in [6.45, 7) is 2.40. The van der Waals surface area contributed by atoms with Gasteiger partial charge in [-0.05, 0) is 34.5 Å². The fourth-order valence-electron chi connectivity index (χ4n) is 2.55. The number of oxime groups is 1. The lowest BCUT2D eigenvalue weighted by molar-refractivity contribution is 0.321. The summed E-state index contributed by atoms with van der Waals surface area (Å²) in [4.78, 5) is 4.71. The van der Waals surface area contributed by atoms with Crippen LogP contribution in [0, 0.1) is 0 Å². The molecule has 0 unspecified atom stereocenters. The van der Waals surface area contributed by atoms with E-state index in [0.717, 1.165) is 38.5 Å². The first kappa shape index (κ1) is 19.6. The molecule has 0 aliphatic rings. The van der Waals surface area contributed by atoms with Crippen LogP contribution in [0.1, 0.15) is 6.92 Å². The van der Waals surface area contributed by atoms with Crippen molar-refractivity contribution in [2.24, 2.45) is 5.16 Å². The number of nitrogens with one attached hydrogen (secondary N) is 2. The molecule has 0 atom stereocenters. The molecule has 0 spiro atoms. The number of nitrogens with zero attached hydrogens (tertiary/aromatic N) is 4. The van der Waals surface area contributed by atoms with Gasteiger partial charge in [0.25, 0.3) is 0 Å². The number of hydrogen-bond acceptors (Lipinski definition) is 6. The Morgan fingerprint density at radius 3 is 2.79 bits per heavy atom. The summed E-state index contributed by atoms with van der Waals surface area (Å²) in [5.41, 5.74) is 4.37. The molecule has 0 saturated carbocycles. The van der Waals surface area contributed by atoms with Gasteiger partial charge in [-0.1, -0.05) is 41.6 Å². The van der Waals surface area contributed by atoms with Crippen LogP contribution in [0.2, 0.25) is 0 Å². The number of allylic oxidation sites excluding steroid dienone is 3. The van der Waals surface area contributed by atoms with Crippen molar-refractivity contribution < 1.29 is 5.21 Å². The Bertz CT molecular complexity index is 1040. The van der Waals surface area contributed by atoms with E-state index < -0.39 is 0 Å². The molecule has 0 amide bonds. The van der Waals surface area contributed by atoms with Gasteiger partial charge in [-0.15, -0.1) is 0 Å². The molecule has 28 heavy (non-hydrogen) atoms. The average Bonchev–Trinajstić information content (AvgIpc) is 3.11. The predicted molar refractivity (Wildman–Crippen MR) is 116 cm³/mol. The highest BCUT2D eigenvalue weighted by atomic mass is 79.9. The molecule has 144 valence electrons. The molecule has 3 N–H and O–H groups in total. The minimum atomic E-state index is 0.447. The van der Waals surface area contributed by atoms with Crippen molar-refractivity contribution in [3.05, 3.63) is 70.5 Å². The molecule has 0 aliphatic heterocycles. The number of rotatable bonds is 7. The highest BCUT2D eigenvalue weighted by Gasteiger charge is 2.11. The summed E-state index contributed by atoms with van der Waals surface area (Å²) in [5, 5.41) is 22.9. The molecule has 0 saturated heterocycles. The molecule has 1 aromatic carbocycles. The molecule has 0 radical (unpaired) electrons. The van der Waals surface area contributed by atoms with E-state index in [1.807, 2.05) is 62.5 Å². The van der Waals surface area contributed by atoms with E-state index in [-0.39, 0.29) is 0 Å². The maximum absolute atomic E-state index is 8.95. The van der Waals surface area contributed by atoms with Crippen LogP contribution in [-0.4, -0.2) is 39.6 Å². The largest absolute Gasteiger partial charge is 0.411 e. The zero-order chi connectivity index (χ0) is 19.9. The second kappa shape index (κ2) is 9.18. The number of benzene rings is 1. The fraction of sp³-hybridized carbons (Fsp3) is 0.150. The van der Waals surface area contributed by atoms with Gasteiger partial charge in [0.2, 0.25) is 0 Å². The molecule has 8 heteroatoms. The summed E-state index contributed by atoms with van der Waals surface area (Å²) < 4.78 is 2.55. The van der Waals surface area contributed by atoms with Gasteiger partial charge in [-0.3, -0.25) is 0 Å². The maximum Gasteiger partial charge on any atom is 0.172 e. The lowest BCUT2D eigenvalue weighted by Crippen LogP contribution is -2.11. The average molecular weight is 441 g/mol. The van der Waals surface area contributed by atoms with Crippen molar-refractivity contribution in [3.63, 3.8) is 0 Å². The van der Waals surface area contributed by atoms with Gasteiger partial charge in [-0.25, -0.2) is 4.98 Å². The van der Waals surface area contributed by atoms with E-state index in [0.29, 0.717) is 6.54 Å². The summed E-state index contributed by atoms with van der Waals surface area (Å²) in [6, 6.07) is 11.9. The van der Waals surface area contributed by atoms with E-state index in [2.05, 4.69) is 36.8 Å². The van der Waals surface area contributed by atoms with Crippen LogP contribution in [0.3, 0.4) is 0 Å². The van der Waals surface area contributed by atoms with Crippen molar-refractivity contribution in [1.29, 1.82) is 0 Å². The smallest absolute Gasteiger partial charge is 0.172 e. The van der Waals surface area contributed by atoms with E-state index in [1.165, 1.54) is 6.21 Å². The predicted octanol–water partition coefficient (Wildman–Crippen LogP) is 4.08. The third-order valence-electron chi connectivity index (χ3n) is 4.14. The molecule has 7 nitrogen and oxygen atoms in total. The molecule has 2 heterocycles. The second-order valence-electron chi connectivity index (χ2n) is 6.06. The Kier molecular flexibility index (Phi) is 6.44. The van der Waals surface area contributed by atoms with Gasteiger partial charge in [0.05, 0.1) is 22.6 Å². The van der Waals surface area contributed by atoms with Gasteiger partial charge >= 0.3 is 0 Å². The van der Waals surface area contributed by atoms with Crippen LogP contribution >= 0.6 is 15.9 Å². The van der Waals surface area contributed by atoms with Crippen molar-refractivity contribution >= 4 is 33.6 Å². The molecule has 2 aromatic heterocycles. The van der Waals surface area contributed by atoms with E-state index in [4.69, 9.17) is 10.2 Å². The summed E-state index contributed by atoms with van der Waals surface area (Å²) in [6.07, 6.45) is 6.92. The number of anilines is 1. The first-order valence-corrected chi connectivity index (χ1v) is 9.48. The Morgan fingerprint density at radius 1 is 1.29 bits per heavy atom. The summed E-state index contributed by atoms with van der Waals surface area (Å²) in [7, 11) is 1.85. The van der Waals surface area contributed by atoms with E-state index in [9.17, 15) is 0 Å². The van der Waals surface area contributed by atoms with Gasteiger partial charge in [0.1, 0.15) is 5.82 Å². The highest BCUT2D eigenvalue weighted by Crippen LogP contribution is 2.25. The highest BCUT2D eigenvalue weighted by molar-refractivity contribution is 9.10. The van der Waals surface area contributed by atoms with Gasteiger partial charge in [0.15, 0.2) is 5.65 Å². The number of hydrogen-bond donors (Lipinski definition) is 3. The molecule has 0 fully saturated rings. The van der Waals surface area contributed by atoms with Crippen molar-refractivity contribution in [1.82, 2.24) is 19.9 Å². The third kappa shape index (κ3) is 4.58. The SMILES string of the molecule is CN/C(C)=C/C=C(\C=N\O)CNc1cc(-c2ccccc2)nc2c(Br)cnn12. The van der Waals surface area contributed by atoms with Gasteiger partial charge in [0, 0.05) is 30.9 Å². The van der Waals surface area contributed by atoms with Crippen LogP contribution in [0.25, 0.3) is 16.9 Å². The number of halogens is 1. The third-order valence-corrected chi connectivity index (χ3v) is 4.70. The van der Waals surface area contributed by atoms with Crippen molar-refractivity contribution in [2.45, 2.75) is 6.92 Å². The quantitative estimate of drug-likeness (QED) is 0.223. The maximum atomic E-state index is 8.95. The monoisotopic (exact) mass is 440 g/mol. The van der Waals surface area contributed by atoms with E-state index in [1.54, 1.807) is 10.7 Å². The van der Waals surface area contributed by atoms with Crippen molar-refractivity contribution in [2.75, 3.05) is 18.9 Å². The first-order chi connectivity index (χ1) is 13.6. The lowest BCUT2D eigenvalue weighted by atomic mass is 10.1. The number of fused-ring (bicyclic) bond motifs is 1. The van der Waals surface area contributed by atoms with Crippen LogP contribution in [-0.2, 0) is 0 Å². The Balaban J connectivity index is 1.95. The molecule has 0 bridgehead atoms. The van der Waals surface area contributed by atoms with Gasteiger partial charge in [-0.2, -0.15) is 9.61 Å². The van der Waals surface area contributed by atoms with Crippen molar-refractivity contribution in [3.8, 4) is 11.3 Å². The Labute approximate surface area is 171 Å². The van der Waals surface area contributed by atoms with Crippen LogP contribution < -0.4 is 10.6 Å². The lowest BCUT2D eigenvalue weighted by Gasteiger charge is -2.11. The summed E-state index contributed by atoms with van der Waals surface area (Å²) in [5.74, 6) is 0.779. The topological polar surface area (TPSA) is 86.8 Å². The Hall–Kier alpha value is -3.13. The standard InChI is InChI=1S/C20H21BrN6O/c1-14(22-2)8-9-15(12-25-28)11-23-19-10-18(16-6-4-3-5-7-16)26-20-17(21)13-24-27(19)20/h3-10,12-13,22-23,28H,11H2,1-2H3/b14-8+,15-9-,25-12+. The number of aromatic nitrogens is 3. The molecule has 0 aliphatic carbocycles. The fourth-order valence-corrected chi connectivity index (χ4v) is 2.90. The zero-order valence-electron chi connectivity index (χ0n) is 15.6. The Morgan fingerprint density at radius 2 is 2.07 bits per heavy atom. The minimum absolute atomic E-state index is 0.447. The molecule has 3 rings (SSSR count). The minimum Gasteiger partial charge on any atom is -0.411 e. The normalized spacial score (nSPS) is 12.7. The molecular formula is C20H21BrN6O. The van der Waals surface area contributed by atoms with Crippen LogP contribution in [0.15, 0.2) is 75.6 Å². The summed E-state index contributed by atoms with van der Waals surface area (Å²) >= 11 is 3.51. The molecular weight excluding hydrogens is 420 g/mol. The van der Waals surface area contributed by atoms with E-state index >= 15 is 0 Å². The van der Waals surface area contributed by atoms with Crippen LogP contribution in [0.5, 0.6) is 0 Å². The second-order valence-corrected chi connectivity index (χ2v) is 6.91. The first-order valence-electron chi connectivity index (χ1n) is 8.68. The zero-order valence-corrected chi connectivity index (χ0v) is 17.2.